The first kappa shape index (κ1) is 17.9. The molecular formula is C23H29N3O2. The zero-order chi connectivity index (χ0) is 19.1. The van der Waals surface area contributed by atoms with E-state index in [-0.39, 0.29) is 11.5 Å². The van der Waals surface area contributed by atoms with Crippen molar-refractivity contribution in [1.82, 2.24) is 9.88 Å². The maximum Gasteiger partial charge on any atom is 0.230 e. The number of carbonyl (C=O) groups excluding carboxylic acids is 1. The molecule has 0 bridgehead atoms. The van der Waals surface area contributed by atoms with Gasteiger partial charge in [-0.05, 0) is 63.1 Å². The average molecular weight is 380 g/mol. The molecule has 1 aromatic carbocycles. The number of rotatable bonds is 2. The average Bonchev–Trinajstić information content (AvgIpc) is 3.04. The van der Waals surface area contributed by atoms with Gasteiger partial charge in [-0.2, -0.15) is 0 Å². The number of benzene rings is 1. The van der Waals surface area contributed by atoms with Crippen LogP contribution in [0.15, 0.2) is 36.4 Å². The number of hydrogen-bond donors (Lipinski definition) is 1. The van der Waals surface area contributed by atoms with Crippen molar-refractivity contribution < 1.29 is 9.90 Å². The van der Waals surface area contributed by atoms with Gasteiger partial charge in [0.25, 0.3) is 0 Å². The highest BCUT2D eigenvalue weighted by atomic mass is 16.3. The van der Waals surface area contributed by atoms with Crippen molar-refractivity contribution in [2.45, 2.75) is 57.1 Å². The number of nitrogens with zero attached hydrogens (tertiary/aromatic N) is 3. The van der Waals surface area contributed by atoms with Crippen LogP contribution < -0.4 is 4.90 Å². The fourth-order valence-electron chi connectivity index (χ4n) is 5.50. The van der Waals surface area contributed by atoms with Crippen LogP contribution in [0.25, 0.3) is 10.9 Å². The number of piperidine rings is 1. The van der Waals surface area contributed by atoms with Crippen LogP contribution in [0.4, 0.5) is 5.82 Å². The Labute approximate surface area is 166 Å². The van der Waals surface area contributed by atoms with Crippen molar-refractivity contribution in [3.63, 3.8) is 0 Å². The SMILES string of the molecule is O=C1N([C@H]2CC[C@H](O)CC2)CC[C@@]12CCCN(c1ccc3ccccc3n1)C2. The van der Waals surface area contributed by atoms with Crippen molar-refractivity contribution in [1.29, 1.82) is 0 Å². The second-order valence-corrected chi connectivity index (χ2v) is 8.88. The van der Waals surface area contributed by atoms with Gasteiger partial charge in [0.05, 0.1) is 17.0 Å². The second-order valence-electron chi connectivity index (χ2n) is 8.88. The van der Waals surface area contributed by atoms with Crippen LogP contribution in [0.3, 0.4) is 0 Å². The minimum atomic E-state index is -0.248. The summed E-state index contributed by atoms with van der Waals surface area (Å²) in [6.45, 7) is 2.62. The Morgan fingerprint density at radius 3 is 2.68 bits per heavy atom. The van der Waals surface area contributed by atoms with Gasteiger partial charge in [-0.3, -0.25) is 4.79 Å². The van der Waals surface area contributed by atoms with Crippen LogP contribution in [0.2, 0.25) is 0 Å². The van der Waals surface area contributed by atoms with Gasteiger partial charge in [0.15, 0.2) is 0 Å². The van der Waals surface area contributed by atoms with E-state index < -0.39 is 0 Å². The Morgan fingerprint density at radius 2 is 1.82 bits per heavy atom. The van der Waals surface area contributed by atoms with E-state index in [1.807, 2.05) is 12.1 Å². The Kier molecular flexibility index (Phi) is 4.50. The van der Waals surface area contributed by atoms with E-state index in [9.17, 15) is 9.90 Å². The van der Waals surface area contributed by atoms with E-state index in [0.717, 1.165) is 81.3 Å². The van der Waals surface area contributed by atoms with Gasteiger partial charge in [0.2, 0.25) is 5.91 Å². The van der Waals surface area contributed by atoms with Gasteiger partial charge in [-0.1, -0.05) is 18.2 Å². The smallest absolute Gasteiger partial charge is 0.230 e. The summed E-state index contributed by atoms with van der Waals surface area (Å²) >= 11 is 0. The van der Waals surface area contributed by atoms with Crippen LogP contribution in [0.1, 0.15) is 44.9 Å². The van der Waals surface area contributed by atoms with Crippen LogP contribution in [-0.4, -0.2) is 52.7 Å². The summed E-state index contributed by atoms with van der Waals surface area (Å²) in [5.41, 5.74) is 0.765. The molecule has 2 aromatic rings. The topological polar surface area (TPSA) is 56.7 Å². The molecule has 3 heterocycles. The van der Waals surface area contributed by atoms with Crippen LogP contribution in [0, 0.1) is 5.41 Å². The first-order valence-corrected chi connectivity index (χ1v) is 10.7. The Hall–Kier alpha value is -2.14. The van der Waals surface area contributed by atoms with Gasteiger partial charge in [0, 0.05) is 31.1 Å². The van der Waals surface area contributed by atoms with E-state index >= 15 is 0 Å². The molecule has 1 aromatic heterocycles. The van der Waals surface area contributed by atoms with Gasteiger partial charge in [-0.15, -0.1) is 0 Å². The highest BCUT2D eigenvalue weighted by Gasteiger charge is 2.50. The number of anilines is 1. The van der Waals surface area contributed by atoms with E-state index in [1.54, 1.807) is 0 Å². The minimum absolute atomic E-state index is 0.174. The first-order valence-electron chi connectivity index (χ1n) is 10.7. The molecule has 148 valence electrons. The minimum Gasteiger partial charge on any atom is -0.393 e. The molecule has 5 rings (SSSR count). The summed E-state index contributed by atoms with van der Waals surface area (Å²) < 4.78 is 0. The summed E-state index contributed by atoms with van der Waals surface area (Å²) in [4.78, 5) is 22.8. The number of likely N-dealkylation sites (tertiary alicyclic amines) is 1. The number of carbonyl (C=O) groups is 1. The molecule has 28 heavy (non-hydrogen) atoms. The molecule has 1 atom stereocenters. The lowest BCUT2D eigenvalue weighted by atomic mass is 9.78. The number of fused-ring (bicyclic) bond motifs is 1. The fraction of sp³-hybridized carbons (Fsp3) is 0.565. The molecule has 3 aliphatic rings. The zero-order valence-corrected chi connectivity index (χ0v) is 16.4. The van der Waals surface area contributed by atoms with Crippen LogP contribution in [-0.2, 0) is 4.79 Å². The molecule has 5 nitrogen and oxygen atoms in total. The van der Waals surface area contributed by atoms with Gasteiger partial charge in [0.1, 0.15) is 5.82 Å². The first-order chi connectivity index (χ1) is 13.6. The molecule has 0 radical (unpaired) electrons. The van der Waals surface area contributed by atoms with Crippen molar-refractivity contribution in [3.8, 4) is 0 Å². The summed E-state index contributed by atoms with van der Waals surface area (Å²) in [6.07, 6.45) is 6.35. The monoisotopic (exact) mass is 379 g/mol. The molecule has 2 aliphatic heterocycles. The van der Waals surface area contributed by atoms with Crippen molar-refractivity contribution >= 4 is 22.6 Å². The Balaban J connectivity index is 1.35. The molecule has 1 amide bonds. The highest BCUT2D eigenvalue weighted by molar-refractivity contribution is 5.86. The maximum atomic E-state index is 13.5. The van der Waals surface area contributed by atoms with Crippen LogP contribution >= 0.6 is 0 Å². The lowest BCUT2D eigenvalue weighted by Gasteiger charge is -2.41. The third-order valence-corrected chi connectivity index (χ3v) is 7.14. The lowest BCUT2D eigenvalue weighted by Crippen LogP contribution is -2.50. The number of aliphatic hydroxyl groups is 1. The van der Waals surface area contributed by atoms with Gasteiger partial charge in [-0.25, -0.2) is 4.98 Å². The van der Waals surface area contributed by atoms with E-state index in [2.05, 4.69) is 34.1 Å². The Morgan fingerprint density at radius 1 is 1.00 bits per heavy atom. The number of amides is 1. The third-order valence-electron chi connectivity index (χ3n) is 7.14. The summed E-state index contributed by atoms with van der Waals surface area (Å²) in [5, 5.41) is 11.0. The fourth-order valence-corrected chi connectivity index (χ4v) is 5.50. The molecular weight excluding hydrogens is 350 g/mol. The lowest BCUT2D eigenvalue weighted by molar-refractivity contribution is -0.139. The van der Waals surface area contributed by atoms with Crippen molar-refractivity contribution in [3.05, 3.63) is 36.4 Å². The van der Waals surface area contributed by atoms with E-state index in [4.69, 9.17) is 4.98 Å². The Bertz CT molecular complexity index is 877. The maximum absolute atomic E-state index is 13.5. The quantitative estimate of drug-likeness (QED) is 0.869. The molecule has 1 saturated carbocycles. The summed E-state index contributed by atoms with van der Waals surface area (Å²) in [6, 6.07) is 12.8. The third kappa shape index (κ3) is 3.06. The molecule has 2 saturated heterocycles. The molecule has 0 unspecified atom stereocenters. The second kappa shape index (κ2) is 7.03. The summed E-state index contributed by atoms with van der Waals surface area (Å²) in [7, 11) is 0. The predicted molar refractivity (Wildman–Crippen MR) is 110 cm³/mol. The number of aliphatic hydroxyl groups excluding tert-OH is 1. The number of para-hydroxylation sites is 1. The van der Waals surface area contributed by atoms with E-state index in [1.165, 1.54) is 0 Å². The van der Waals surface area contributed by atoms with Gasteiger partial charge < -0.3 is 14.9 Å². The van der Waals surface area contributed by atoms with Crippen molar-refractivity contribution in [2.24, 2.45) is 5.41 Å². The van der Waals surface area contributed by atoms with Gasteiger partial charge >= 0.3 is 0 Å². The predicted octanol–water partition coefficient (Wildman–Crippen LogP) is 3.36. The van der Waals surface area contributed by atoms with Crippen molar-refractivity contribution in [2.75, 3.05) is 24.5 Å². The highest BCUT2D eigenvalue weighted by Crippen LogP contribution is 2.43. The number of aromatic nitrogens is 1. The summed E-state index contributed by atoms with van der Waals surface area (Å²) in [5.74, 6) is 1.34. The molecule has 3 fully saturated rings. The normalized spacial score (nSPS) is 31.1. The molecule has 1 N–H and O–H groups in total. The molecule has 5 heteroatoms. The number of hydrogen-bond acceptors (Lipinski definition) is 4. The standard InChI is InChI=1S/C23H29N3O2/c27-19-9-7-18(8-10-19)26-15-13-23(22(26)28)12-3-14-25(16-23)21-11-6-17-4-1-2-5-20(17)24-21/h1-2,4-6,11,18-19,27H,3,7-10,12-16H2/t18-,19-,23-/m1/s1. The largest absolute Gasteiger partial charge is 0.393 e. The molecule has 1 aliphatic carbocycles. The molecule has 1 spiro atoms. The van der Waals surface area contributed by atoms with E-state index in [0.29, 0.717) is 11.9 Å². The zero-order valence-electron chi connectivity index (χ0n) is 16.4. The van der Waals surface area contributed by atoms with Crippen LogP contribution in [0.5, 0.6) is 0 Å². The number of pyridine rings is 1.